The molecular formula is C13H24NO2. The molecule has 3 heteroatoms. The Morgan fingerprint density at radius 2 is 2.06 bits per heavy atom. The van der Waals surface area contributed by atoms with Gasteiger partial charge in [-0.05, 0) is 52.6 Å². The third kappa shape index (κ3) is 2.97. The molecule has 0 saturated carbocycles. The van der Waals surface area contributed by atoms with Gasteiger partial charge in [-0.2, -0.15) is 0 Å². The van der Waals surface area contributed by atoms with E-state index >= 15 is 0 Å². The highest BCUT2D eigenvalue weighted by Crippen LogP contribution is 2.38. The van der Waals surface area contributed by atoms with Crippen LogP contribution in [0, 0.1) is 17.8 Å². The molecule has 1 atom stereocenters. The number of carbonyl (C=O) groups is 1. The molecule has 16 heavy (non-hydrogen) atoms. The second-order valence-corrected chi connectivity index (χ2v) is 5.86. The van der Waals surface area contributed by atoms with Crippen LogP contribution in [-0.4, -0.2) is 24.7 Å². The van der Waals surface area contributed by atoms with Crippen LogP contribution in [0.5, 0.6) is 0 Å². The summed E-state index contributed by atoms with van der Waals surface area (Å²) in [5.41, 5.74) is -0.809. The van der Waals surface area contributed by atoms with E-state index < -0.39 is 11.0 Å². The van der Waals surface area contributed by atoms with Gasteiger partial charge >= 0.3 is 5.97 Å². The van der Waals surface area contributed by atoms with Crippen molar-refractivity contribution in [3.63, 3.8) is 0 Å². The standard InChI is InChI=1S/C13H24NO2/c1-10(2)13(6-8-14-9-7-13)11(15)16-12(3,4)5/h6,10,14H,7-9H2,1-5H3. The van der Waals surface area contributed by atoms with Gasteiger partial charge < -0.3 is 10.1 Å². The highest BCUT2D eigenvalue weighted by Gasteiger charge is 2.45. The molecule has 1 unspecified atom stereocenters. The predicted octanol–water partition coefficient (Wildman–Crippen LogP) is 2.17. The largest absolute Gasteiger partial charge is 0.460 e. The Kier molecular flexibility index (Phi) is 4.00. The molecular weight excluding hydrogens is 202 g/mol. The first-order valence-electron chi connectivity index (χ1n) is 6.06. The molecule has 0 amide bonds. The van der Waals surface area contributed by atoms with Gasteiger partial charge in [0.25, 0.3) is 0 Å². The summed E-state index contributed by atoms with van der Waals surface area (Å²) in [4.78, 5) is 12.3. The van der Waals surface area contributed by atoms with Crippen molar-refractivity contribution in [3.8, 4) is 0 Å². The fourth-order valence-corrected chi connectivity index (χ4v) is 2.07. The summed E-state index contributed by atoms with van der Waals surface area (Å²) < 4.78 is 5.54. The van der Waals surface area contributed by atoms with Gasteiger partial charge in [-0.3, -0.25) is 4.79 Å². The third-order valence-electron chi connectivity index (χ3n) is 3.14. The Bertz CT molecular complexity index is 247. The normalized spacial score (nSPS) is 20.9. The molecule has 0 spiro atoms. The van der Waals surface area contributed by atoms with E-state index in [1.165, 1.54) is 0 Å². The number of esters is 1. The summed E-state index contributed by atoms with van der Waals surface area (Å²) in [7, 11) is 0. The number of piperidine rings is 1. The van der Waals surface area contributed by atoms with E-state index in [4.69, 9.17) is 4.74 Å². The zero-order chi connectivity index (χ0) is 12.4. The molecule has 93 valence electrons. The minimum Gasteiger partial charge on any atom is -0.460 e. The van der Waals surface area contributed by atoms with Crippen LogP contribution in [0.25, 0.3) is 0 Å². The lowest BCUT2D eigenvalue weighted by molar-refractivity contribution is -0.169. The zero-order valence-corrected chi connectivity index (χ0v) is 11.1. The maximum Gasteiger partial charge on any atom is 0.313 e. The van der Waals surface area contributed by atoms with Gasteiger partial charge in [-0.25, -0.2) is 0 Å². The molecule has 0 aromatic rings. The van der Waals surface area contributed by atoms with Crippen molar-refractivity contribution in [1.29, 1.82) is 0 Å². The molecule has 1 radical (unpaired) electrons. The summed E-state index contributed by atoms with van der Waals surface area (Å²) in [6.07, 6.45) is 2.91. The average molecular weight is 226 g/mol. The van der Waals surface area contributed by atoms with Crippen LogP contribution in [0.4, 0.5) is 0 Å². The smallest absolute Gasteiger partial charge is 0.313 e. The van der Waals surface area contributed by atoms with Crippen molar-refractivity contribution in [3.05, 3.63) is 6.42 Å². The molecule has 1 saturated heterocycles. The number of nitrogens with one attached hydrogen (secondary N) is 1. The summed E-state index contributed by atoms with van der Waals surface area (Å²) in [6.45, 7) is 11.6. The van der Waals surface area contributed by atoms with Crippen LogP contribution in [0.2, 0.25) is 0 Å². The fourth-order valence-electron chi connectivity index (χ4n) is 2.07. The number of hydrogen-bond acceptors (Lipinski definition) is 3. The summed E-state index contributed by atoms with van der Waals surface area (Å²) >= 11 is 0. The van der Waals surface area contributed by atoms with Crippen molar-refractivity contribution >= 4 is 5.97 Å². The molecule has 1 aliphatic rings. The van der Waals surface area contributed by atoms with Crippen LogP contribution in [0.1, 0.15) is 41.0 Å². The Morgan fingerprint density at radius 3 is 2.44 bits per heavy atom. The van der Waals surface area contributed by atoms with E-state index in [-0.39, 0.29) is 11.9 Å². The second kappa shape index (κ2) is 4.74. The van der Waals surface area contributed by atoms with Gasteiger partial charge in [0.05, 0.1) is 5.41 Å². The lowest BCUT2D eigenvalue weighted by Gasteiger charge is -2.40. The highest BCUT2D eigenvalue weighted by molar-refractivity contribution is 5.79. The molecule has 0 bridgehead atoms. The first-order chi connectivity index (χ1) is 7.28. The van der Waals surface area contributed by atoms with E-state index in [1.54, 1.807) is 0 Å². The first-order valence-corrected chi connectivity index (χ1v) is 6.06. The lowest BCUT2D eigenvalue weighted by Crippen LogP contribution is -2.48. The van der Waals surface area contributed by atoms with Gasteiger partial charge in [0.15, 0.2) is 0 Å². The number of ether oxygens (including phenoxy) is 1. The maximum absolute atomic E-state index is 12.3. The molecule has 0 aliphatic carbocycles. The van der Waals surface area contributed by atoms with E-state index in [1.807, 2.05) is 20.8 Å². The van der Waals surface area contributed by atoms with E-state index in [9.17, 15) is 4.79 Å². The summed E-state index contributed by atoms with van der Waals surface area (Å²) in [5, 5.41) is 3.25. The van der Waals surface area contributed by atoms with Gasteiger partial charge in [0.2, 0.25) is 0 Å². The Hall–Kier alpha value is -0.570. The van der Waals surface area contributed by atoms with E-state index in [0.717, 1.165) is 19.5 Å². The van der Waals surface area contributed by atoms with Crippen molar-refractivity contribution in [2.75, 3.05) is 13.1 Å². The van der Waals surface area contributed by atoms with Crippen molar-refractivity contribution in [2.24, 2.45) is 11.3 Å². The molecule has 3 nitrogen and oxygen atoms in total. The topological polar surface area (TPSA) is 38.3 Å². The quantitative estimate of drug-likeness (QED) is 0.733. The van der Waals surface area contributed by atoms with Crippen LogP contribution >= 0.6 is 0 Å². The minimum absolute atomic E-state index is 0.0727. The maximum atomic E-state index is 12.3. The molecule has 1 N–H and O–H groups in total. The Morgan fingerprint density at radius 1 is 1.44 bits per heavy atom. The zero-order valence-electron chi connectivity index (χ0n) is 11.1. The second-order valence-electron chi connectivity index (χ2n) is 5.86. The summed E-state index contributed by atoms with van der Waals surface area (Å²) in [5.74, 6) is 0.209. The molecule has 1 fully saturated rings. The van der Waals surface area contributed by atoms with Crippen LogP contribution in [0.15, 0.2) is 0 Å². The first kappa shape index (κ1) is 13.5. The number of hydrogen-bond donors (Lipinski definition) is 1. The SMILES string of the molecule is CC(C)C1(C(=O)OC(C)(C)C)[CH]CNCC1. The monoisotopic (exact) mass is 226 g/mol. The van der Waals surface area contributed by atoms with Gasteiger partial charge in [-0.15, -0.1) is 0 Å². The van der Waals surface area contributed by atoms with Crippen molar-refractivity contribution < 1.29 is 9.53 Å². The van der Waals surface area contributed by atoms with Crippen LogP contribution in [0.3, 0.4) is 0 Å². The van der Waals surface area contributed by atoms with Crippen molar-refractivity contribution in [2.45, 2.75) is 46.6 Å². The summed E-state index contributed by atoms with van der Waals surface area (Å²) in [6, 6.07) is 0. The van der Waals surface area contributed by atoms with Crippen LogP contribution in [-0.2, 0) is 9.53 Å². The molecule has 1 rings (SSSR count). The third-order valence-corrected chi connectivity index (χ3v) is 3.14. The van der Waals surface area contributed by atoms with Gasteiger partial charge in [-0.1, -0.05) is 13.8 Å². The molecule has 1 aliphatic heterocycles. The van der Waals surface area contributed by atoms with E-state index in [0.29, 0.717) is 0 Å². The molecule has 0 aromatic carbocycles. The van der Waals surface area contributed by atoms with E-state index in [2.05, 4.69) is 25.6 Å². The highest BCUT2D eigenvalue weighted by atomic mass is 16.6. The average Bonchev–Trinajstić information content (AvgIpc) is 2.16. The number of carbonyl (C=O) groups excluding carboxylic acids is 1. The lowest BCUT2D eigenvalue weighted by atomic mass is 9.70. The number of rotatable bonds is 2. The fraction of sp³-hybridized carbons (Fsp3) is 0.846. The minimum atomic E-state index is -0.405. The molecule has 1 heterocycles. The Labute approximate surface area is 98.9 Å². The van der Waals surface area contributed by atoms with Gasteiger partial charge in [0, 0.05) is 0 Å². The molecule has 0 aromatic heterocycles. The van der Waals surface area contributed by atoms with Crippen LogP contribution < -0.4 is 5.32 Å². The predicted molar refractivity (Wildman–Crippen MR) is 64.9 cm³/mol. The van der Waals surface area contributed by atoms with Crippen molar-refractivity contribution in [1.82, 2.24) is 5.32 Å². The van der Waals surface area contributed by atoms with Gasteiger partial charge in [0.1, 0.15) is 5.60 Å². The Balaban J connectivity index is 2.81.